The second kappa shape index (κ2) is 7.10. The van der Waals surface area contributed by atoms with Gasteiger partial charge in [0.05, 0.1) is 22.4 Å². The van der Waals surface area contributed by atoms with Gasteiger partial charge in [0.15, 0.2) is 0 Å². The minimum absolute atomic E-state index is 0.00308. The van der Waals surface area contributed by atoms with E-state index >= 15 is 0 Å². The van der Waals surface area contributed by atoms with E-state index in [0.29, 0.717) is 17.1 Å². The van der Waals surface area contributed by atoms with Crippen molar-refractivity contribution < 1.29 is 9.34 Å². The fraction of sp³-hybridized carbons (Fsp3) is 0. The molecule has 24 heavy (non-hydrogen) atoms. The van der Waals surface area contributed by atoms with Crippen LogP contribution >= 0.6 is 15.9 Å². The van der Waals surface area contributed by atoms with Gasteiger partial charge in [-0.15, -0.1) is 0 Å². The van der Waals surface area contributed by atoms with E-state index in [9.17, 15) is 10.1 Å². The lowest BCUT2D eigenvalue weighted by Crippen LogP contribution is -1.90. The van der Waals surface area contributed by atoms with E-state index in [0.717, 1.165) is 10.2 Å². The van der Waals surface area contributed by atoms with Crippen molar-refractivity contribution in [3.63, 3.8) is 0 Å². The average molecular weight is 386 g/mol. The fourth-order valence-electron chi connectivity index (χ4n) is 2.10. The summed E-state index contributed by atoms with van der Waals surface area (Å²) in [6, 6.07) is 17.4. The largest absolute Gasteiger partial charge is 0.455 e. The summed E-state index contributed by atoms with van der Waals surface area (Å²) in [6.07, 6.45) is 1.51. The van der Waals surface area contributed by atoms with Gasteiger partial charge in [-0.2, -0.15) is 5.10 Å². The molecule has 0 bridgehead atoms. The average Bonchev–Trinajstić information content (AvgIpc) is 3.05. The highest BCUT2D eigenvalue weighted by Gasteiger charge is 2.16. The van der Waals surface area contributed by atoms with Gasteiger partial charge in [0.2, 0.25) is 0 Å². The summed E-state index contributed by atoms with van der Waals surface area (Å²) in [5, 5.41) is 15.2. The van der Waals surface area contributed by atoms with Crippen LogP contribution < -0.4 is 5.43 Å². The molecule has 0 unspecified atom stereocenters. The zero-order chi connectivity index (χ0) is 16.9. The molecular formula is C17H12BrN3O3. The van der Waals surface area contributed by atoms with Crippen molar-refractivity contribution in [2.45, 2.75) is 0 Å². The molecule has 7 heteroatoms. The maximum atomic E-state index is 11.1. The number of nitrogens with zero attached hydrogens (tertiary/aromatic N) is 2. The Kier molecular flexibility index (Phi) is 4.72. The molecule has 0 aliphatic rings. The van der Waals surface area contributed by atoms with Crippen LogP contribution in [0, 0.1) is 10.1 Å². The first-order valence-corrected chi connectivity index (χ1v) is 7.81. The highest BCUT2D eigenvalue weighted by atomic mass is 79.9. The summed E-state index contributed by atoms with van der Waals surface area (Å²) in [5.41, 5.74) is 4.15. The van der Waals surface area contributed by atoms with Crippen LogP contribution in [-0.2, 0) is 0 Å². The van der Waals surface area contributed by atoms with E-state index in [4.69, 9.17) is 4.42 Å². The molecule has 0 saturated heterocycles. The summed E-state index contributed by atoms with van der Waals surface area (Å²) in [6.45, 7) is 0. The van der Waals surface area contributed by atoms with Crippen molar-refractivity contribution >= 4 is 33.5 Å². The van der Waals surface area contributed by atoms with Gasteiger partial charge in [0.25, 0.3) is 5.69 Å². The molecule has 3 rings (SSSR count). The monoisotopic (exact) mass is 385 g/mol. The Bertz CT molecular complexity index is 888. The first kappa shape index (κ1) is 15.9. The Hall–Kier alpha value is -2.93. The summed E-state index contributed by atoms with van der Waals surface area (Å²) < 4.78 is 6.60. The van der Waals surface area contributed by atoms with Crippen LogP contribution in [0.3, 0.4) is 0 Å². The third kappa shape index (κ3) is 3.69. The van der Waals surface area contributed by atoms with Crippen LogP contribution in [0.25, 0.3) is 11.3 Å². The van der Waals surface area contributed by atoms with Crippen molar-refractivity contribution in [3.05, 3.63) is 81.0 Å². The first-order chi connectivity index (χ1) is 11.6. The molecule has 0 aliphatic heterocycles. The quantitative estimate of drug-likeness (QED) is 0.377. The van der Waals surface area contributed by atoms with Crippen molar-refractivity contribution in [1.82, 2.24) is 0 Å². The lowest BCUT2D eigenvalue weighted by Gasteiger charge is -1.99. The molecule has 0 spiro atoms. The van der Waals surface area contributed by atoms with Gasteiger partial charge in [-0.25, -0.2) is 0 Å². The minimum atomic E-state index is -0.430. The zero-order valence-corrected chi connectivity index (χ0v) is 13.9. The molecule has 0 fully saturated rings. The van der Waals surface area contributed by atoms with E-state index in [-0.39, 0.29) is 5.69 Å². The maximum absolute atomic E-state index is 11.1. The highest BCUT2D eigenvalue weighted by molar-refractivity contribution is 9.10. The number of furan rings is 1. The van der Waals surface area contributed by atoms with Gasteiger partial charge < -0.3 is 4.42 Å². The molecule has 0 aliphatic carbocycles. The predicted octanol–water partition coefficient (Wildman–Crippen LogP) is 5.06. The van der Waals surface area contributed by atoms with Gasteiger partial charge in [0.1, 0.15) is 11.5 Å². The number of nitro benzene ring substituents is 1. The molecule has 0 radical (unpaired) electrons. The third-order valence-electron chi connectivity index (χ3n) is 3.22. The summed E-state index contributed by atoms with van der Waals surface area (Å²) in [5.74, 6) is 0.917. The fourth-order valence-corrected chi connectivity index (χ4v) is 2.37. The molecule has 1 N–H and O–H groups in total. The number of benzene rings is 2. The van der Waals surface area contributed by atoms with Crippen LogP contribution in [0.2, 0.25) is 0 Å². The number of para-hydroxylation sites is 1. The number of anilines is 1. The summed E-state index contributed by atoms with van der Waals surface area (Å²) >= 11 is 3.36. The second-order valence-corrected chi connectivity index (χ2v) is 5.77. The van der Waals surface area contributed by atoms with Crippen LogP contribution in [0.4, 0.5) is 11.4 Å². The summed E-state index contributed by atoms with van der Waals surface area (Å²) in [4.78, 5) is 10.6. The van der Waals surface area contributed by atoms with Crippen LogP contribution in [-0.4, -0.2) is 11.1 Å². The molecule has 120 valence electrons. The molecule has 0 atom stereocenters. The smallest absolute Gasteiger partial charge is 0.280 e. The first-order valence-electron chi connectivity index (χ1n) is 7.02. The summed E-state index contributed by atoms with van der Waals surface area (Å²) in [7, 11) is 0. The minimum Gasteiger partial charge on any atom is -0.455 e. The molecule has 2 aromatic carbocycles. The molecule has 3 aromatic rings. The number of hydrogen-bond acceptors (Lipinski definition) is 5. The van der Waals surface area contributed by atoms with E-state index in [1.54, 1.807) is 30.3 Å². The van der Waals surface area contributed by atoms with E-state index in [2.05, 4.69) is 26.5 Å². The number of halogens is 1. The Morgan fingerprint density at radius 1 is 1.08 bits per heavy atom. The van der Waals surface area contributed by atoms with Crippen LogP contribution in [0.5, 0.6) is 0 Å². The van der Waals surface area contributed by atoms with E-state index in [1.165, 1.54) is 12.3 Å². The second-order valence-electron chi connectivity index (χ2n) is 4.85. The Balaban J connectivity index is 1.75. The Morgan fingerprint density at radius 3 is 2.58 bits per heavy atom. The van der Waals surface area contributed by atoms with E-state index in [1.807, 2.05) is 24.3 Å². The van der Waals surface area contributed by atoms with Gasteiger partial charge >= 0.3 is 0 Å². The molecule has 6 nitrogen and oxygen atoms in total. The number of rotatable bonds is 5. The predicted molar refractivity (Wildman–Crippen MR) is 96.2 cm³/mol. The Morgan fingerprint density at radius 2 is 1.83 bits per heavy atom. The molecular weight excluding hydrogens is 374 g/mol. The lowest BCUT2D eigenvalue weighted by atomic mass is 10.1. The van der Waals surface area contributed by atoms with E-state index < -0.39 is 4.92 Å². The number of hydrogen-bond donors (Lipinski definition) is 1. The third-order valence-corrected chi connectivity index (χ3v) is 3.75. The molecule has 0 amide bonds. The van der Waals surface area contributed by atoms with Gasteiger partial charge in [0, 0.05) is 10.5 Å². The lowest BCUT2D eigenvalue weighted by molar-refractivity contribution is -0.384. The zero-order valence-electron chi connectivity index (χ0n) is 12.3. The Labute approximate surface area is 146 Å². The SMILES string of the molecule is O=[N+]([O-])c1ccccc1-c1ccc(/C=N\Nc2ccc(Br)cc2)o1. The molecule has 0 saturated carbocycles. The van der Waals surface area contributed by atoms with Gasteiger partial charge in [-0.05, 0) is 42.5 Å². The van der Waals surface area contributed by atoms with Gasteiger partial charge in [-0.3, -0.25) is 15.5 Å². The normalized spacial score (nSPS) is 10.9. The highest BCUT2D eigenvalue weighted by Crippen LogP contribution is 2.30. The van der Waals surface area contributed by atoms with Gasteiger partial charge in [-0.1, -0.05) is 28.1 Å². The van der Waals surface area contributed by atoms with Crippen LogP contribution in [0.15, 0.2) is 74.7 Å². The van der Waals surface area contributed by atoms with Crippen molar-refractivity contribution in [2.24, 2.45) is 5.10 Å². The number of nitrogens with one attached hydrogen (secondary N) is 1. The van der Waals surface area contributed by atoms with Crippen molar-refractivity contribution in [3.8, 4) is 11.3 Å². The number of hydrazone groups is 1. The topological polar surface area (TPSA) is 80.7 Å². The van der Waals surface area contributed by atoms with Crippen LogP contribution in [0.1, 0.15) is 5.76 Å². The maximum Gasteiger partial charge on any atom is 0.280 e. The number of nitro groups is 1. The van der Waals surface area contributed by atoms with Crippen molar-refractivity contribution in [1.29, 1.82) is 0 Å². The standard InChI is InChI=1S/C17H12BrN3O3/c18-12-5-7-13(8-6-12)20-19-11-14-9-10-17(24-14)15-3-1-2-4-16(15)21(22)23/h1-11,20H/b19-11-. The molecule has 1 heterocycles. The molecule has 1 aromatic heterocycles. The van der Waals surface area contributed by atoms with Crippen molar-refractivity contribution in [2.75, 3.05) is 5.43 Å².